The second-order valence-electron chi connectivity index (χ2n) is 5.84. The van der Waals surface area contributed by atoms with E-state index in [0.717, 1.165) is 11.1 Å². The molecule has 4 N–H and O–H groups in total. The Morgan fingerprint density at radius 3 is 2.19 bits per heavy atom. The van der Waals surface area contributed by atoms with Crippen LogP contribution < -0.4 is 15.8 Å². The normalized spacial score (nSPS) is 11.3. The molecule has 2 aromatic rings. The summed E-state index contributed by atoms with van der Waals surface area (Å²) in [6.07, 6.45) is 1.05. The van der Waals surface area contributed by atoms with Gasteiger partial charge in [-0.1, -0.05) is 24.3 Å². The van der Waals surface area contributed by atoms with Crippen molar-refractivity contribution in [3.05, 3.63) is 65.5 Å². The van der Waals surface area contributed by atoms with Crippen molar-refractivity contribution in [2.75, 3.05) is 13.1 Å². The number of sulfonamides is 1. The van der Waals surface area contributed by atoms with Crippen LogP contribution in [-0.4, -0.2) is 27.4 Å². The van der Waals surface area contributed by atoms with E-state index >= 15 is 0 Å². The molecule has 0 bridgehead atoms. The molecule has 0 saturated carbocycles. The topological polar surface area (TPSA) is 101 Å². The van der Waals surface area contributed by atoms with Crippen LogP contribution in [0.5, 0.6) is 0 Å². The first-order valence-corrected chi connectivity index (χ1v) is 9.73. The summed E-state index contributed by atoms with van der Waals surface area (Å²) in [5.74, 6) is -0.386. The van der Waals surface area contributed by atoms with Crippen LogP contribution in [0.4, 0.5) is 4.39 Å². The van der Waals surface area contributed by atoms with Gasteiger partial charge in [0.15, 0.2) is 0 Å². The van der Waals surface area contributed by atoms with E-state index in [2.05, 4.69) is 10.6 Å². The fraction of sp³-hybridized carbons (Fsp3) is 0.278. The van der Waals surface area contributed by atoms with E-state index in [-0.39, 0.29) is 16.6 Å². The molecule has 2 aromatic carbocycles. The first kappa shape index (κ1) is 20.0. The van der Waals surface area contributed by atoms with Crippen molar-refractivity contribution < 1.29 is 17.6 Å². The molecule has 0 atom stereocenters. The van der Waals surface area contributed by atoms with Gasteiger partial charge >= 0.3 is 0 Å². The summed E-state index contributed by atoms with van der Waals surface area (Å²) in [6.45, 7) is 1.57. The maximum atomic E-state index is 12.8. The Morgan fingerprint density at radius 2 is 1.58 bits per heavy atom. The zero-order valence-corrected chi connectivity index (χ0v) is 15.1. The lowest BCUT2D eigenvalue weighted by molar-refractivity contribution is -0.121. The zero-order valence-electron chi connectivity index (χ0n) is 14.2. The molecule has 1 amide bonds. The highest BCUT2D eigenvalue weighted by Gasteiger charge is 2.06. The second-order valence-corrected chi connectivity index (χ2v) is 7.40. The molecule has 140 valence electrons. The van der Waals surface area contributed by atoms with Crippen molar-refractivity contribution in [3.8, 4) is 0 Å². The Balaban J connectivity index is 1.61. The number of amides is 1. The summed E-state index contributed by atoms with van der Waals surface area (Å²) < 4.78 is 35.1. The van der Waals surface area contributed by atoms with Crippen molar-refractivity contribution in [1.29, 1.82) is 0 Å². The van der Waals surface area contributed by atoms with Gasteiger partial charge in [-0.3, -0.25) is 4.79 Å². The van der Waals surface area contributed by atoms with E-state index in [1.807, 2.05) is 0 Å². The van der Waals surface area contributed by atoms with Gasteiger partial charge in [-0.15, -0.1) is 0 Å². The maximum absolute atomic E-state index is 12.8. The number of benzene rings is 2. The fourth-order valence-electron chi connectivity index (χ4n) is 2.30. The molecule has 0 spiro atoms. The van der Waals surface area contributed by atoms with Crippen LogP contribution in [0.25, 0.3) is 0 Å². The average Bonchev–Trinajstić information content (AvgIpc) is 2.60. The number of hydrogen-bond donors (Lipinski definition) is 3. The Labute approximate surface area is 152 Å². The van der Waals surface area contributed by atoms with Gasteiger partial charge in [0.1, 0.15) is 5.82 Å². The highest BCUT2D eigenvalue weighted by molar-refractivity contribution is 7.89. The third-order valence-corrected chi connectivity index (χ3v) is 4.70. The molecule has 0 aliphatic heterocycles. The third kappa shape index (κ3) is 6.91. The van der Waals surface area contributed by atoms with Gasteiger partial charge in [0.2, 0.25) is 15.9 Å². The number of nitrogens with two attached hydrogens (primary N) is 1. The molecule has 0 saturated heterocycles. The summed E-state index contributed by atoms with van der Waals surface area (Å²) >= 11 is 0. The first-order chi connectivity index (χ1) is 12.3. The minimum Gasteiger partial charge on any atom is -0.352 e. The molecule has 0 aromatic heterocycles. The van der Waals surface area contributed by atoms with E-state index in [9.17, 15) is 17.6 Å². The van der Waals surface area contributed by atoms with E-state index in [1.54, 1.807) is 24.3 Å². The molecule has 0 heterocycles. The summed E-state index contributed by atoms with van der Waals surface area (Å²) in [4.78, 5) is 11.8. The predicted octanol–water partition coefficient (Wildman–Crippen LogP) is 1.31. The standard InChI is InChI=1S/C18H22FN3O3S/c19-16-5-1-15(2-6-16)13-22-18(23)10-12-21-11-9-14-3-7-17(8-4-14)26(20,24)25/h1-8,21H,9-13H2,(H,22,23)(H2,20,24,25). The summed E-state index contributed by atoms with van der Waals surface area (Å²) in [5, 5.41) is 11.0. The van der Waals surface area contributed by atoms with Crippen molar-refractivity contribution in [2.45, 2.75) is 24.3 Å². The monoisotopic (exact) mass is 379 g/mol. The second kappa shape index (κ2) is 9.42. The average molecular weight is 379 g/mol. The molecule has 0 fully saturated rings. The van der Waals surface area contributed by atoms with E-state index in [4.69, 9.17) is 5.14 Å². The van der Waals surface area contributed by atoms with E-state index in [0.29, 0.717) is 32.5 Å². The quantitative estimate of drug-likeness (QED) is 0.572. The van der Waals surface area contributed by atoms with Crippen LogP contribution in [0.2, 0.25) is 0 Å². The Kier molecular flexibility index (Phi) is 7.26. The number of carbonyl (C=O) groups excluding carboxylic acids is 1. The summed E-state index contributed by atoms with van der Waals surface area (Å²) in [5.41, 5.74) is 1.82. The lowest BCUT2D eigenvalue weighted by atomic mass is 10.1. The van der Waals surface area contributed by atoms with Gasteiger partial charge < -0.3 is 10.6 Å². The number of carbonyl (C=O) groups is 1. The minimum absolute atomic E-state index is 0.0840. The van der Waals surface area contributed by atoms with Gasteiger partial charge in [0, 0.05) is 19.5 Å². The van der Waals surface area contributed by atoms with Crippen LogP contribution in [0.1, 0.15) is 17.5 Å². The summed E-state index contributed by atoms with van der Waals surface area (Å²) in [7, 11) is -3.66. The Morgan fingerprint density at radius 1 is 0.962 bits per heavy atom. The SMILES string of the molecule is NS(=O)(=O)c1ccc(CCNCCC(=O)NCc2ccc(F)cc2)cc1. The zero-order chi connectivity index (χ0) is 19.0. The molecule has 0 aliphatic carbocycles. The smallest absolute Gasteiger partial charge is 0.238 e. The van der Waals surface area contributed by atoms with Crippen LogP contribution >= 0.6 is 0 Å². The van der Waals surface area contributed by atoms with Crippen molar-refractivity contribution >= 4 is 15.9 Å². The van der Waals surface area contributed by atoms with Gasteiger partial charge in [-0.2, -0.15) is 0 Å². The van der Waals surface area contributed by atoms with Crippen LogP contribution in [0.15, 0.2) is 53.4 Å². The number of hydrogen-bond acceptors (Lipinski definition) is 4. The molecule has 0 unspecified atom stereocenters. The first-order valence-electron chi connectivity index (χ1n) is 8.18. The van der Waals surface area contributed by atoms with E-state index < -0.39 is 10.0 Å². The molecule has 26 heavy (non-hydrogen) atoms. The number of rotatable bonds is 9. The number of halogens is 1. The van der Waals surface area contributed by atoms with Crippen LogP contribution in [0.3, 0.4) is 0 Å². The fourth-order valence-corrected chi connectivity index (χ4v) is 2.81. The van der Waals surface area contributed by atoms with Gasteiger partial charge in [0.25, 0.3) is 0 Å². The molecular formula is C18H22FN3O3S. The summed E-state index contributed by atoms with van der Waals surface area (Å²) in [6, 6.07) is 12.4. The molecule has 2 rings (SSSR count). The lowest BCUT2D eigenvalue weighted by Crippen LogP contribution is -2.28. The minimum atomic E-state index is -3.66. The molecule has 6 nitrogen and oxygen atoms in total. The van der Waals surface area contributed by atoms with Gasteiger partial charge in [-0.25, -0.2) is 17.9 Å². The molecule has 0 radical (unpaired) electrons. The predicted molar refractivity (Wildman–Crippen MR) is 97.3 cm³/mol. The highest BCUT2D eigenvalue weighted by Crippen LogP contribution is 2.08. The molecule has 0 aliphatic rings. The number of primary sulfonamides is 1. The Hall–Kier alpha value is -2.29. The van der Waals surface area contributed by atoms with E-state index in [1.165, 1.54) is 24.3 Å². The maximum Gasteiger partial charge on any atom is 0.238 e. The number of nitrogens with one attached hydrogen (secondary N) is 2. The Bertz CT molecular complexity index is 822. The van der Waals surface area contributed by atoms with Crippen molar-refractivity contribution in [3.63, 3.8) is 0 Å². The van der Waals surface area contributed by atoms with Gasteiger partial charge in [0.05, 0.1) is 4.90 Å². The lowest BCUT2D eigenvalue weighted by Gasteiger charge is -2.07. The largest absolute Gasteiger partial charge is 0.352 e. The van der Waals surface area contributed by atoms with Crippen molar-refractivity contribution in [2.24, 2.45) is 5.14 Å². The van der Waals surface area contributed by atoms with Crippen LogP contribution in [-0.2, 0) is 27.8 Å². The highest BCUT2D eigenvalue weighted by atomic mass is 32.2. The molecular weight excluding hydrogens is 357 g/mol. The van der Waals surface area contributed by atoms with Gasteiger partial charge in [-0.05, 0) is 48.4 Å². The third-order valence-electron chi connectivity index (χ3n) is 3.77. The van der Waals surface area contributed by atoms with Crippen molar-refractivity contribution in [1.82, 2.24) is 10.6 Å². The molecule has 8 heteroatoms. The van der Waals surface area contributed by atoms with Crippen LogP contribution in [0, 0.1) is 5.82 Å².